The summed E-state index contributed by atoms with van der Waals surface area (Å²) in [5.41, 5.74) is 3.50. The zero-order valence-electron chi connectivity index (χ0n) is 15.2. The molecule has 0 saturated carbocycles. The molecule has 3 aliphatic rings. The second-order valence-corrected chi connectivity index (χ2v) is 7.86. The van der Waals surface area contributed by atoms with Crippen molar-refractivity contribution in [2.45, 2.75) is 38.1 Å². The van der Waals surface area contributed by atoms with Gasteiger partial charge in [0, 0.05) is 49.4 Å². The number of likely N-dealkylation sites (tertiary alicyclic amines) is 1. The molecule has 25 heavy (non-hydrogen) atoms. The van der Waals surface area contributed by atoms with Gasteiger partial charge in [0.1, 0.15) is 0 Å². The van der Waals surface area contributed by atoms with E-state index >= 15 is 0 Å². The molecule has 4 nitrogen and oxygen atoms in total. The summed E-state index contributed by atoms with van der Waals surface area (Å²) >= 11 is 0. The molecule has 0 aromatic heterocycles. The first-order valence-electron chi connectivity index (χ1n) is 9.70. The molecule has 0 aliphatic carbocycles. The number of nitrogens with one attached hydrogen (secondary N) is 1. The number of anilines is 1. The molecule has 2 fully saturated rings. The van der Waals surface area contributed by atoms with Gasteiger partial charge in [0.25, 0.3) is 5.91 Å². The Hall–Kier alpha value is -1.81. The van der Waals surface area contributed by atoms with Crippen LogP contribution in [0.2, 0.25) is 0 Å². The average Bonchev–Trinajstić information content (AvgIpc) is 2.96. The molecule has 1 N–H and O–H groups in total. The predicted octanol–water partition coefficient (Wildman–Crippen LogP) is 3.01. The molecule has 4 heteroatoms. The SMILES string of the molecule is C=CCN1c2ccc(C(=O)N3CCC(C)CC3)cc2C2CNCCC21. The lowest BCUT2D eigenvalue weighted by atomic mass is 9.89. The van der Waals surface area contributed by atoms with Crippen molar-refractivity contribution < 1.29 is 4.79 Å². The van der Waals surface area contributed by atoms with Crippen molar-refractivity contribution in [2.75, 3.05) is 37.6 Å². The molecule has 3 aliphatic heterocycles. The molecule has 2 saturated heterocycles. The predicted molar refractivity (Wildman–Crippen MR) is 102 cm³/mol. The van der Waals surface area contributed by atoms with E-state index in [9.17, 15) is 4.79 Å². The smallest absolute Gasteiger partial charge is 0.253 e. The summed E-state index contributed by atoms with van der Waals surface area (Å²) in [6.07, 6.45) is 5.39. The number of piperidine rings is 2. The summed E-state index contributed by atoms with van der Waals surface area (Å²) in [7, 11) is 0. The molecule has 0 spiro atoms. The van der Waals surface area contributed by atoms with E-state index in [0.29, 0.717) is 12.0 Å². The van der Waals surface area contributed by atoms with Crippen LogP contribution < -0.4 is 10.2 Å². The largest absolute Gasteiger partial charge is 0.364 e. The standard InChI is InChI=1S/C21H29N3O/c1-3-10-24-19-5-4-16(21(25)23-11-7-15(2)8-12-23)13-17(19)18-14-22-9-6-20(18)24/h3-5,13,15,18,20,22H,1,6-12,14H2,2H3. The van der Waals surface area contributed by atoms with Gasteiger partial charge in [-0.15, -0.1) is 6.58 Å². The van der Waals surface area contributed by atoms with Crippen LogP contribution in [-0.2, 0) is 0 Å². The minimum absolute atomic E-state index is 0.206. The Balaban J connectivity index is 1.61. The Morgan fingerprint density at radius 3 is 2.88 bits per heavy atom. The van der Waals surface area contributed by atoms with Crippen LogP contribution >= 0.6 is 0 Å². The molecular formula is C21H29N3O. The van der Waals surface area contributed by atoms with Crippen LogP contribution in [0.4, 0.5) is 5.69 Å². The van der Waals surface area contributed by atoms with E-state index in [2.05, 4.69) is 35.9 Å². The van der Waals surface area contributed by atoms with E-state index in [1.807, 2.05) is 17.0 Å². The molecule has 1 aromatic rings. The number of hydrogen-bond donors (Lipinski definition) is 1. The second-order valence-electron chi connectivity index (χ2n) is 7.86. The van der Waals surface area contributed by atoms with Crippen LogP contribution in [0.1, 0.15) is 48.0 Å². The highest BCUT2D eigenvalue weighted by molar-refractivity contribution is 5.95. The maximum absolute atomic E-state index is 13.0. The van der Waals surface area contributed by atoms with Gasteiger partial charge in [-0.1, -0.05) is 13.0 Å². The minimum Gasteiger partial charge on any atom is -0.364 e. The van der Waals surface area contributed by atoms with Gasteiger partial charge < -0.3 is 15.1 Å². The van der Waals surface area contributed by atoms with Crippen molar-refractivity contribution in [1.29, 1.82) is 0 Å². The van der Waals surface area contributed by atoms with Crippen molar-refractivity contribution in [3.63, 3.8) is 0 Å². The van der Waals surface area contributed by atoms with E-state index in [1.54, 1.807) is 0 Å². The average molecular weight is 339 g/mol. The minimum atomic E-state index is 0.206. The molecule has 3 heterocycles. The zero-order valence-corrected chi connectivity index (χ0v) is 15.2. The third kappa shape index (κ3) is 2.97. The number of fused-ring (bicyclic) bond motifs is 3. The number of amides is 1. The van der Waals surface area contributed by atoms with Crippen molar-refractivity contribution in [3.8, 4) is 0 Å². The van der Waals surface area contributed by atoms with Gasteiger partial charge in [-0.3, -0.25) is 4.79 Å². The number of carbonyl (C=O) groups excluding carboxylic acids is 1. The van der Waals surface area contributed by atoms with Gasteiger partial charge in [0.05, 0.1) is 0 Å². The number of benzene rings is 1. The molecule has 1 aromatic carbocycles. The van der Waals surface area contributed by atoms with Crippen molar-refractivity contribution >= 4 is 11.6 Å². The zero-order chi connectivity index (χ0) is 17.4. The topological polar surface area (TPSA) is 35.6 Å². The van der Waals surface area contributed by atoms with E-state index in [4.69, 9.17) is 0 Å². The van der Waals surface area contributed by atoms with Crippen molar-refractivity contribution in [2.24, 2.45) is 5.92 Å². The quantitative estimate of drug-likeness (QED) is 0.860. The van der Waals surface area contributed by atoms with E-state index in [0.717, 1.165) is 63.5 Å². The maximum atomic E-state index is 13.0. The highest BCUT2D eigenvalue weighted by Gasteiger charge is 2.39. The van der Waals surface area contributed by atoms with Crippen LogP contribution in [0.15, 0.2) is 30.9 Å². The summed E-state index contributed by atoms with van der Waals surface area (Å²) in [6.45, 7) is 11.0. The fourth-order valence-corrected chi connectivity index (χ4v) is 4.73. The van der Waals surface area contributed by atoms with Crippen molar-refractivity contribution in [1.82, 2.24) is 10.2 Å². The lowest BCUT2D eigenvalue weighted by Gasteiger charge is -2.33. The van der Waals surface area contributed by atoms with Gasteiger partial charge >= 0.3 is 0 Å². The van der Waals surface area contributed by atoms with Crippen LogP contribution in [-0.4, -0.2) is 49.6 Å². The lowest BCUT2D eigenvalue weighted by molar-refractivity contribution is 0.0697. The summed E-state index contributed by atoms with van der Waals surface area (Å²) in [4.78, 5) is 17.5. The molecule has 4 rings (SSSR count). The van der Waals surface area contributed by atoms with Gasteiger partial charge in [-0.2, -0.15) is 0 Å². The molecular weight excluding hydrogens is 310 g/mol. The molecule has 134 valence electrons. The fourth-order valence-electron chi connectivity index (χ4n) is 4.73. The van der Waals surface area contributed by atoms with Crippen LogP contribution in [0, 0.1) is 5.92 Å². The fraction of sp³-hybridized carbons (Fsp3) is 0.571. The van der Waals surface area contributed by atoms with Crippen LogP contribution in [0.25, 0.3) is 0 Å². The number of nitrogens with zero attached hydrogens (tertiary/aromatic N) is 2. The van der Waals surface area contributed by atoms with Crippen LogP contribution in [0.3, 0.4) is 0 Å². The van der Waals surface area contributed by atoms with Crippen LogP contribution in [0.5, 0.6) is 0 Å². The first kappa shape index (κ1) is 16.6. The Bertz CT molecular complexity index is 663. The Labute approximate surface area is 150 Å². The summed E-state index contributed by atoms with van der Waals surface area (Å²) < 4.78 is 0. The first-order chi connectivity index (χ1) is 12.2. The molecule has 0 radical (unpaired) electrons. The molecule has 1 amide bonds. The van der Waals surface area contributed by atoms with Gasteiger partial charge in [-0.05, 0) is 55.5 Å². The Kier molecular flexibility index (Phi) is 4.55. The highest BCUT2D eigenvalue weighted by Crippen LogP contribution is 2.43. The Morgan fingerprint density at radius 1 is 1.32 bits per heavy atom. The highest BCUT2D eigenvalue weighted by atomic mass is 16.2. The lowest BCUT2D eigenvalue weighted by Crippen LogP contribution is -2.44. The molecule has 0 bridgehead atoms. The monoisotopic (exact) mass is 339 g/mol. The number of hydrogen-bond acceptors (Lipinski definition) is 3. The maximum Gasteiger partial charge on any atom is 0.253 e. The van der Waals surface area contributed by atoms with E-state index < -0.39 is 0 Å². The van der Waals surface area contributed by atoms with Gasteiger partial charge in [0.15, 0.2) is 0 Å². The summed E-state index contributed by atoms with van der Waals surface area (Å²) in [5.74, 6) is 1.43. The third-order valence-corrected chi connectivity index (χ3v) is 6.23. The molecule has 2 unspecified atom stereocenters. The second kappa shape index (κ2) is 6.83. The first-order valence-corrected chi connectivity index (χ1v) is 9.70. The summed E-state index contributed by atoms with van der Waals surface area (Å²) in [5, 5.41) is 3.53. The van der Waals surface area contributed by atoms with E-state index in [-0.39, 0.29) is 5.91 Å². The summed E-state index contributed by atoms with van der Waals surface area (Å²) in [6, 6.07) is 6.90. The van der Waals surface area contributed by atoms with Gasteiger partial charge in [-0.25, -0.2) is 0 Å². The van der Waals surface area contributed by atoms with E-state index in [1.165, 1.54) is 11.3 Å². The normalized spacial score (nSPS) is 26.3. The Morgan fingerprint density at radius 2 is 2.12 bits per heavy atom. The van der Waals surface area contributed by atoms with Crippen molar-refractivity contribution in [3.05, 3.63) is 42.0 Å². The molecule has 2 atom stereocenters. The number of carbonyl (C=O) groups is 1. The van der Waals surface area contributed by atoms with Gasteiger partial charge in [0.2, 0.25) is 0 Å². The number of rotatable bonds is 3. The third-order valence-electron chi connectivity index (χ3n) is 6.23.